The van der Waals surface area contributed by atoms with E-state index in [1.54, 1.807) is 28.0 Å². The molecule has 1 aromatic carbocycles. The summed E-state index contributed by atoms with van der Waals surface area (Å²) in [6.07, 6.45) is 4.11. The first-order chi connectivity index (χ1) is 12.0. The van der Waals surface area contributed by atoms with Crippen LogP contribution in [0.3, 0.4) is 0 Å². The largest absolute Gasteiger partial charge is 0.339 e. The fourth-order valence-corrected chi connectivity index (χ4v) is 3.18. The minimum atomic E-state index is -0.369. The second kappa shape index (κ2) is 7.04. The van der Waals surface area contributed by atoms with Gasteiger partial charge in [0.2, 0.25) is 11.8 Å². The number of piperidine rings is 1. The molecule has 0 unspecified atom stereocenters. The van der Waals surface area contributed by atoms with Crippen LogP contribution >= 0.6 is 0 Å². The Labute approximate surface area is 145 Å². The van der Waals surface area contributed by atoms with E-state index < -0.39 is 0 Å². The number of halogens is 1. The number of carbonyl (C=O) groups excluding carboxylic acids is 3. The Bertz CT molecular complexity index is 726. The lowest BCUT2D eigenvalue weighted by atomic mass is 10.0. The molecule has 0 bridgehead atoms. The average molecular weight is 345 g/mol. The summed E-state index contributed by atoms with van der Waals surface area (Å²) < 4.78 is 13.6. The Balaban J connectivity index is 1.55. The first-order valence-electron chi connectivity index (χ1n) is 8.26. The van der Waals surface area contributed by atoms with Gasteiger partial charge in [0.1, 0.15) is 12.4 Å². The lowest BCUT2D eigenvalue weighted by Crippen LogP contribution is -2.47. The second-order valence-corrected chi connectivity index (χ2v) is 6.27. The highest BCUT2D eigenvalue weighted by atomic mass is 19.1. The minimum Gasteiger partial charge on any atom is -0.339 e. The molecule has 0 aromatic heterocycles. The molecule has 2 heterocycles. The standard InChI is InChI=1S/C18H20FN3O3/c1-20-17(24)12-22(18(20)25)14-8-10-21(11-9-14)16(23)7-6-13-4-2-3-5-15(13)19/h2-7,14H,8-12H2,1H3. The van der Waals surface area contributed by atoms with Gasteiger partial charge in [-0.15, -0.1) is 0 Å². The summed E-state index contributed by atoms with van der Waals surface area (Å²) in [6, 6.07) is 5.97. The van der Waals surface area contributed by atoms with E-state index in [1.165, 1.54) is 25.3 Å². The summed E-state index contributed by atoms with van der Waals surface area (Å²) in [5, 5.41) is 0. The molecule has 0 atom stereocenters. The van der Waals surface area contributed by atoms with Crippen LogP contribution in [0, 0.1) is 5.82 Å². The van der Waals surface area contributed by atoms with Gasteiger partial charge in [-0.1, -0.05) is 18.2 Å². The predicted molar refractivity (Wildman–Crippen MR) is 89.9 cm³/mol. The van der Waals surface area contributed by atoms with E-state index in [2.05, 4.69) is 0 Å². The Morgan fingerprint density at radius 2 is 1.88 bits per heavy atom. The van der Waals surface area contributed by atoms with Crippen molar-refractivity contribution in [1.82, 2.24) is 14.7 Å². The highest BCUT2D eigenvalue weighted by Crippen LogP contribution is 2.21. The van der Waals surface area contributed by atoms with Crippen LogP contribution in [0.15, 0.2) is 30.3 Å². The number of hydrogen-bond acceptors (Lipinski definition) is 3. The van der Waals surface area contributed by atoms with Crippen LogP contribution in [-0.4, -0.2) is 65.3 Å². The first-order valence-corrected chi connectivity index (χ1v) is 8.26. The van der Waals surface area contributed by atoms with Gasteiger partial charge in [-0.25, -0.2) is 9.18 Å². The van der Waals surface area contributed by atoms with Crippen molar-refractivity contribution in [3.8, 4) is 0 Å². The number of amides is 4. The molecular weight excluding hydrogens is 325 g/mol. The Morgan fingerprint density at radius 3 is 2.48 bits per heavy atom. The van der Waals surface area contributed by atoms with Gasteiger partial charge < -0.3 is 9.80 Å². The second-order valence-electron chi connectivity index (χ2n) is 6.27. The van der Waals surface area contributed by atoms with E-state index in [0.717, 1.165) is 4.90 Å². The van der Waals surface area contributed by atoms with E-state index >= 15 is 0 Å². The summed E-state index contributed by atoms with van der Waals surface area (Å²) in [7, 11) is 1.48. The van der Waals surface area contributed by atoms with Gasteiger partial charge in [-0.05, 0) is 25.0 Å². The predicted octanol–water partition coefficient (Wildman–Crippen LogP) is 1.72. The van der Waals surface area contributed by atoms with Crippen LogP contribution in [0.1, 0.15) is 18.4 Å². The van der Waals surface area contributed by atoms with Crippen LogP contribution in [0.2, 0.25) is 0 Å². The van der Waals surface area contributed by atoms with E-state index in [9.17, 15) is 18.8 Å². The molecule has 0 saturated carbocycles. The van der Waals surface area contributed by atoms with Crippen molar-refractivity contribution in [3.63, 3.8) is 0 Å². The Hall–Kier alpha value is -2.70. The van der Waals surface area contributed by atoms with Crippen molar-refractivity contribution in [1.29, 1.82) is 0 Å². The van der Waals surface area contributed by atoms with Gasteiger partial charge in [0.05, 0.1) is 0 Å². The third-order valence-electron chi connectivity index (χ3n) is 4.74. The van der Waals surface area contributed by atoms with Crippen molar-refractivity contribution in [2.45, 2.75) is 18.9 Å². The lowest BCUT2D eigenvalue weighted by molar-refractivity contribution is -0.128. The van der Waals surface area contributed by atoms with E-state index in [4.69, 9.17) is 0 Å². The van der Waals surface area contributed by atoms with Gasteiger partial charge in [0.25, 0.3) is 0 Å². The maximum atomic E-state index is 13.6. The first kappa shape index (κ1) is 17.1. The third kappa shape index (κ3) is 3.55. The number of likely N-dealkylation sites (tertiary alicyclic amines) is 1. The van der Waals surface area contributed by atoms with Crippen molar-refractivity contribution in [3.05, 3.63) is 41.7 Å². The zero-order valence-corrected chi connectivity index (χ0v) is 14.0. The number of carbonyl (C=O) groups is 3. The molecule has 7 heteroatoms. The summed E-state index contributed by atoms with van der Waals surface area (Å²) >= 11 is 0. The van der Waals surface area contributed by atoms with Crippen molar-refractivity contribution in [2.75, 3.05) is 26.7 Å². The van der Waals surface area contributed by atoms with Gasteiger partial charge in [0, 0.05) is 37.8 Å². The molecule has 132 valence electrons. The number of benzene rings is 1. The molecule has 2 fully saturated rings. The smallest absolute Gasteiger partial charge is 0.327 e. The number of rotatable bonds is 3. The van der Waals surface area contributed by atoms with Crippen LogP contribution in [0.4, 0.5) is 9.18 Å². The highest BCUT2D eigenvalue weighted by Gasteiger charge is 2.38. The maximum Gasteiger partial charge on any atom is 0.327 e. The van der Waals surface area contributed by atoms with Crippen molar-refractivity contribution >= 4 is 23.9 Å². The van der Waals surface area contributed by atoms with Gasteiger partial charge in [0.15, 0.2) is 0 Å². The van der Waals surface area contributed by atoms with Crippen LogP contribution in [-0.2, 0) is 9.59 Å². The summed E-state index contributed by atoms with van der Waals surface area (Å²) in [5.74, 6) is -0.745. The van der Waals surface area contributed by atoms with Crippen LogP contribution in [0.25, 0.3) is 6.08 Å². The van der Waals surface area contributed by atoms with Gasteiger partial charge in [-0.3, -0.25) is 14.5 Å². The van der Waals surface area contributed by atoms with E-state index in [0.29, 0.717) is 31.5 Å². The molecule has 6 nitrogen and oxygen atoms in total. The summed E-state index contributed by atoms with van der Waals surface area (Å²) in [5.41, 5.74) is 0.370. The maximum absolute atomic E-state index is 13.6. The molecule has 2 aliphatic rings. The number of hydrogen-bond donors (Lipinski definition) is 0. The summed E-state index contributed by atoms with van der Waals surface area (Å²) in [4.78, 5) is 40.3. The Morgan fingerprint density at radius 1 is 1.20 bits per heavy atom. The van der Waals surface area contributed by atoms with Gasteiger partial charge in [-0.2, -0.15) is 0 Å². The molecule has 0 N–H and O–H groups in total. The van der Waals surface area contributed by atoms with Crippen molar-refractivity contribution in [2.24, 2.45) is 0 Å². The molecule has 0 aliphatic carbocycles. The zero-order chi connectivity index (χ0) is 18.0. The molecule has 3 rings (SSSR count). The third-order valence-corrected chi connectivity index (χ3v) is 4.74. The topological polar surface area (TPSA) is 60.9 Å². The monoisotopic (exact) mass is 345 g/mol. The van der Waals surface area contributed by atoms with Gasteiger partial charge >= 0.3 is 6.03 Å². The van der Waals surface area contributed by atoms with Crippen LogP contribution in [0.5, 0.6) is 0 Å². The number of imide groups is 1. The fraction of sp³-hybridized carbons (Fsp3) is 0.389. The van der Waals surface area contributed by atoms with Crippen LogP contribution < -0.4 is 0 Å². The fourth-order valence-electron chi connectivity index (χ4n) is 3.18. The molecular formula is C18H20FN3O3. The quantitative estimate of drug-likeness (QED) is 0.619. The SMILES string of the molecule is CN1C(=O)CN(C2CCN(C(=O)C=Cc3ccccc3F)CC2)C1=O. The Kier molecular flexibility index (Phi) is 4.83. The normalized spacial score (nSPS) is 19.4. The van der Waals surface area contributed by atoms with E-state index in [1.807, 2.05) is 0 Å². The summed E-state index contributed by atoms with van der Waals surface area (Å²) in [6.45, 7) is 1.13. The zero-order valence-electron chi connectivity index (χ0n) is 14.0. The number of likely N-dealkylation sites (N-methyl/N-ethyl adjacent to an activating group) is 1. The molecule has 2 saturated heterocycles. The number of nitrogens with zero attached hydrogens (tertiary/aromatic N) is 3. The highest BCUT2D eigenvalue weighted by molar-refractivity contribution is 6.01. The van der Waals surface area contributed by atoms with E-state index in [-0.39, 0.29) is 36.2 Å². The molecule has 4 amide bonds. The lowest BCUT2D eigenvalue weighted by Gasteiger charge is -2.35. The average Bonchev–Trinajstić information content (AvgIpc) is 2.88. The number of urea groups is 1. The molecule has 2 aliphatic heterocycles. The molecule has 0 radical (unpaired) electrons. The molecule has 0 spiro atoms. The van der Waals surface area contributed by atoms with Crippen molar-refractivity contribution < 1.29 is 18.8 Å². The molecule has 25 heavy (non-hydrogen) atoms. The molecule has 1 aromatic rings. The minimum absolute atomic E-state index is 0.0269.